The summed E-state index contributed by atoms with van der Waals surface area (Å²) in [5.74, 6) is 0.455. The van der Waals surface area contributed by atoms with Crippen LogP contribution < -0.4 is 19.6 Å². The summed E-state index contributed by atoms with van der Waals surface area (Å²) in [4.78, 5) is 23.9. The van der Waals surface area contributed by atoms with Crippen molar-refractivity contribution in [3.63, 3.8) is 0 Å². The van der Waals surface area contributed by atoms with Crippen molar-refractivity contribution in [2.24, 2.45) is 12.1 Å². The number of nitrogens with zero attached hydrogens (tertiary/aromatic N) is 5. The fraction of sp³-hybridized carbons (Fsp3) is 0.200. The number of carbonyl (C=O) groups excluding carboxylic acids is 1. The number of benzene rings is 2. The van der Waals surface area contributed by atoms with E-state index in [1.54, 1.807) is 23.7 Å². The first-order chi connectivity index (χ1) is 15.9. The number of methoxy groups -OCH3 is 3. The van der Waals surface area contributed by atoms with Gasteiger partial charge in [-0.25, -0.2) is 5.43 Å². The first-order valence-corrected chi connectivity index (χ1v) is 10.1. The van der Waals surface area contributed by atoms with Crippen LogP contribution in [0.1, 0.15) is 15.9 Å². The van der Waals surface area contributed by atoms with Crippen LogP contribution in [-0.2, 0) is 7.05 Å². The maximum atomic E-state index is 12.5. The lowest BCUT2D eigenvalue weighted by Gasteiger charge is -2.13. The number of hydrogen-bond acceptors (Lipinski definition) is 10. The number of nitro groups is 1. The lowest BCUT2D eigenvalue weighted by molar-refractivity contribution is -0.387. The van der Waals surface area contributed by atoms with E-state index in [9.17, 15) is 14.9 Å². The van der Waals surface area contributed by atoms with Gasteiger partial charge in [-0.1, -0.05) is 6.07 Å². The van der Waals surface area contributed by atoms with Gasteiger partial charge in [-0.15, -0.1) is 10.2 Å². The van der Waals surface area contributed by atoms with Crippen LogP contribution in [0.25, 0.3) is 0 Å². The second kappa shape index (κ2) is 10.5. The third kappa shape index (κ3) is 5.38. The summed E-state index contributed by atoms with van der Waals surface area (Å²) in [6.45, 7) is 0. The van der Waals surface area contributed by atoms with Crippen molar-refractivity contribution in [2.45, 2.75) is 10.1 Å². The van der Waals surface area contributed by atoms with E-state index in [-0.39, 0.29) is 11.3 Å². The quantitative estimate of drug-likeness (QED) is 0.282. The Morgan fingerprint density at radius 1 is 1.18 bits per heavy atom. The average molecular weight is 472 g/mol. The van der Waals surface area contributed by atoms with Gasteiger partial charge in [0.2, 0.25) is 5.75 Å². The van der Waals surface area contributed by atoms with Crippen molar-refractivity contribution in [1.82, 2.24) is 20.2 Å². The molecule has 13 heteroatoms. The van der Waals surface area contributed by atoms with Crippen molar-refractivity contribution in [3.8, 4) is 17.2 Å². The largest absolute Gasteiger partial charge is 0.493 e. The molecule has 0 saturated heterocycles. The topological polar surface area (TPSA) is 143 Å². The molecule has 0 fully saturated rings. The Morgan fingerprint density at radius 2 is 1.88 bits per heavy atom. The highest BCUT2D eigenvalue weighted by molar-refractivity contribution is 7.99. The highest BCUT2D eigenvalue weighted by Gasteiger charge is 2.18. The van der Waals surface area contributed by atoms with E-state index in [1.165, 1.54) is 52.1 Å². The van der Waals surface area contributed by atoms with Crippen molar-refractivity contribution in [1.29, 1.82) is 0 Å². The molecule has 0 spiro atoms. The van der Waals surface area contributed by atoms with Gasteiger partial charge in [0.15, 0.2) is 16.7 Å². The van der Waals surface area contributed by atoms with Crippen LogP contribution in [0.15, 0.2) is 51.8 Å². The zero-order chi connectivity index (χ0) is 24.0. The zero-order valence-electron chi connectivity index (χ0n) is 18.1. The Hall–Kier alpha value is -4.13. The molecule has 0 aliphatic rings. The van der Waals surface area contributed by atoms with Crippen molar-refractivity contribution >= 4 is 29.6 Å². The molecule has 3 rings (SSSR count). The maximum Gasteiger partial charge on any atom is 0.283 e. The fourth-order valence-corrected chi connectivity index (χ4v) is 3.60. The summed E-state index contributed by atoms with van der Waals surface area (Å²) in [6.07, 6.45) is 2.81. The molecule has 172 valence electrons. The molecule has 0 radical (unpaired) electrons. The maximum absolute atomic E-state index is 12.5. The molecule has 0 aliphatic carbocycles. The summed E-state index contributed by atoms with van der Waals surface area (Å²) in [6, 6.07) is 7.54. The first kappa shape index (κ1) is 23.5. The zero-order valence-corrected chi connectivity index (χ0v) is 19.0. The minimum Gasteiger partial charge on any atom is -0.493 e. The van der Waals surface area contributed by atoms with Crippen molar-refractivity contribution < 1.29 is 23.9 Å². The van der Waals surface area contributed by atoms with E-state index in [0.29, 0.717) is 32.9 Å². The predicted molar refractivity (Wildman–Crippen MR) is 119 cm³/mol. The molecule has 12 nitrogen and oxygen atoms in total. The standard InChI is InChI=1S/C20H20N6O6S/c1-25-11-22-24-20(25)33-17-6-5-12(7-14(17)26(28)29)10-21-23-19(27)13-8-15(30-2)18(32-4)16(9-13)31-3/h5-11H,1-4H3,(H,23,27)/b21-10-. The molecule has 0 bridgehead atoms. The average Bonchev–Trinajstić information content (AvgIpc) is 3.22. The molecular formula is C20H20N6O6S. The van der Waals surface area contributed by atoms with Crippen LogP contribution >= 0.6 is 11.8 Å². The minimum atomic E-state index is -0.533. The summed E-state index contributed by atoms with van der Waals surface area (Å²) < 4.78 is 17.4. The van der Waals surface area contributed by atoms with E-state index in [4.69, 9.17) is 14.2 Å². The van der Waals surface area contributed by atoms with Gasteiger partial charge in [0, 0.05) is 24.2 Å². The van der Waals surface area contributed by atoms with Crippen LogP contribution in [0.2, 0.25) is 0 Å². The SMILES string of the molecule is COc1cc(C(=O)N/N=C\c2ccc(Sc3nncn3C)c([N+](=O)[O-])c2)cc(OC)c1OC. The smallest absolute Gasteiger partial charge is 0.283 e. The monoisotopic (exact) mass is 472 g/mol. The normalized spacial score (nSPS) is 10.8. The van der Waals surface area contributed by atoms with Gasteiger partial charge in [-0.3, -0.25) is 14.9 Å². The summed E-state index contributed by atoms with van der Waals surface area (Å²) in [7, 11) is 6.08. The van der Waals surface area contributed by atoms with Crippen LogP contribution in [0.3, 0.4) is 0 Å². The highest BCUT2D eigenvalue weighted by Crippen LogP contribution is 2.38. The molecule has 2 aromatic carbocycles. The van der Waals surface area contributed by atoms with Crippen molar-refractivity contribution in [3.05, 3.63) is 57.9 Å². The molecule has 0 unspecified atom stereocenters. The van der Waals surface area contributed by atoms with Gasteiger partial charge in [0.05, 0.1) is 37.4 Å². The van der Waals surface area contributed by atoms with Gasteiger partial charge in [-0.05, 0) is 30.0 Å². The van der Waals surface area contributed by atoms with Gasteiger partial charge >= 0.3 is 0 Å². The number of nitrogens with one attached hydrogen (secondary N) is 1. The van der Waals surface area contributed by atoms with Gasteiger partial charge in [0.1, 0.15) is 6.33 Å². The molecule has 3 aromatic rings. The number of hydrogen-bond donors (Lipinski definition) is 1. The molecule has 33 heavy (non-hydrogen) atoms. The predicted octanol–water partition coefficient (Wildman–Crippen LogP) is 2.66. The summed E-state index contributed by atoms with van der Waals surface area (Å²) in [5, 5.41) is 23.6. The number of nitro benzene ring substituents is 1. The van der Waals surface area contributed by atoms with E-state index >= 15 is 0 Å². The molecule has 1 heterocycles. The molecule has 1 aromatic heterocycles. The molecule has 0 aliphatic heterocycles. The Balaban J connectivity index is 1.77. The summed E-state index contributed by atoms with van der Waals surface area (Å²) in [5.41, 5.74) is 2.90. The van der Waals surface area contributed by atoms with E-state index < -0.39 is 10.8 Å². The number of carbonyl (C=O) groups is 1. The van der Waals surface area contributed by atoms with Gasteiger partial charge in [0.25, 0.3) is 11.6 Å². The van der Waals surface area contributed by atoms with Crippen LogP contribution in [-0.4, -0.2) is 53.1 Å². The number of ether oxygens (including phenoxy) is 3. The Bertz CT molecular complexity index is 1190. The Kier molecular flexibility index (Phi) is 7.46. The number of amides is 1. The fourth-order valence-electron chi connectivity index (χ4n) is 2.75. The third-order valence-corrected chi connectivity index (χ3v) is 5.47. The molecule has 0 atom stereocenters. The lowest BCUT2D eigenvalue weighted by Crippen LogP contribution is -2.18. The van der Waals surface area contributed by atoms with Gasteiger partial charge < -0.3 is 18.8 Å². The molecular weight excluding hydrogens is 452 g/mol. The summed E-state index contributed by atoms with van der Waals surface area (Å²) >= 11 is 1.12. The minimum absolute atomic E-state index is 0.122. The van der Waals surface area contributed by atoms with Crippen molar-refractivity contribution in [2.75, 3.05) is 21.3 Å². The highest BCUT2D eigenvalue weighted by atomic mass is 32.2. The van der Waals surface area contributed by atoms with E-state index in [1.807, 2.05) is 0 Å². The lowest BCUT2D eigenvalue weighted by atomic mass is 10.1. The van der Waals surface area contributed by atoms with Crippen LogP contribution in [0, 0.1) is 10.1 Å². The number of rotatable bonds is 9. The Labute approximate surface area is 192 Å². The van der Waals surface area contributed by atoms with Crippen LogP contribution in [0.4, 0.5) is 5.69 Å². The van der Waals surface area contributed by atoms with E-state index in [2.05, 4.69) is 20.7 Å². The molecule has 0 saturated carbocycles. The number of aromatic nitrogens is 3. The van der Waals surface area contributed by atoms with Crippen LogP contribution in [0.5, 0.6) is 17.2 Å². The van der Waals surface area contributed by atoms with Gasteiger partial charge in [-0.2, -0.15) is 5.10 Å². The van der Waals surface area contributed by atoms with E-state index in [0.717, 1.165) is 11.8 Å². The molecule has 1 N–H and O–H groups in total. The second-order valence-corrected chi connectivity index (χ2v) is 7.43. The first-order valence-electron chi connectivity index (χ1n) is 9.31. The molecule has 1 amide bonds. The second-order valence-electron chi connectivity index (χ2n) is 6.42. The number of hydrazone groups is 1. The third-order valence-electron chi connectivity index (χ3n) is 4.36. The number of aryl methyl sites for hydroxylation is 1. The Morgan fingerprint density at radius 3 is 2.42 bits per heavy atom.